The largest absolute Gasteiger partial charge is 0.378 e. The number of hydrogen-bond acceptors (Lipinski definition) is 8. The monoisotopic (exact) mass is 445 g/mol. The van der Waals surface area contributed by atoms with E-state index >= 15 is 0 Å². The maximum Gasteiger partial charge on any atom is 0.183 e. The van der Waals surface area contributed by atoms with E-state index in [9.17, 15) is 0 Å². The Morgan fingerprint density at radius 1 is 1.24 bits per heavy atom. The van der Waals surface area contributed by atoms with Crippen molar-refractivity contribution in [2.45, 2.75) is 19.1 Å². The number of halogens is 1. The number of anilines is 1. The number of nitrogens with one attached hydrogen (secondary N) is 1. The molecule has 1 aromatic carbocycles. The van der Waals surface area contributed by atoms with E-state index in [4.69, 9.17) is 32.0 Å². The second-order valence-corrected chi connectivity index (χ2v) is 8.93. The molecule has 150 valence electrons. The maximum atomic E-state index is 6.30. The lowest BCUT2D eigenvalue weighted by molar-refractivity contribution is 0.182. The van der Waals surface area contributed by atoms with Gasteiger partial charge in [0.2, 0.25) is 0 Å². The van der Waals surface area contributed by atoms with E-state index in [0.717, 1.165) is 42.9 Å². The molecule has 3 heterocycles. The SMILES string of the molecule is COCc1nc(NCC[C@H](N)c2cccc(Cl)c2)sc1-c1nc2ccncc2s1. The first-order chi connectivity index (χ1) is 14.1. The summed E-state index contributed by atoms with van der Waals surface area (Å²) in [6.45, 7) is 1.14. The molecule has 0 radical (unpaired) electrons. The highest BCUT2D eigenvalue weighted by Crippen LogP contribution is 2.38. The molecule has 6 nitrogen and oxygen atoms in total. The molecule has 0 saturated carbocycles. The molecule has 29 heavy (non-hydrogen) atoms. The third-order valence-electron chi connectivity index (χ3n) is 4.37. The number of benzene rings is 1. The van der Waals surface area contributed by atoms with Gasteiger partial charge in [-0.25, -0.2) is 9.97 Å². The first-order valence-corrected chi connectivity index (χ1v) is 11.1. The van der Waals surface area contributed by atoms with E-state index in [1.54, 1.807) is 36.0 Å². The number of thiazole rings is 2. The average molecular weight is 446 g/mol. The molecule has 0 aliphatic heterocycles. The number of methoxy groups -OCH3 is 1. The fourth-order valence-electron chi connectivity index (χ4n) is 2.94. The number of nitrogens with zero attached hydrogens (tertiary/aromatic N) is 3. The first kappa shape index (κ1) is 20.2. The molecule has 9 heteroatoms. The second-order valence-electron chi connectivity index (χ2n) is 6.47. The van der Waals surface area contributed by atoms with Crippen molar-refractivity contribution in [3.05, 3.63) is 59.0 Å². The lowest BCUT2D eigenvalue weighted by Crippen LogP contribution is -2.15. The van der Waals surface area contributed by atoms with Crippen molar-refractivity contribution in [2.75, 3.05) is 19.0 Å². The Hall–Kier alpha value is -2.10. The fourth-order valence-corrected chi connectivity index (χ4v) is 5.17. The van der Waals surface area contributed by atoms with Gasteiger partial charge in [-0.3, -0.25) is 4.98 Å². The van der Waals surface area contributed by atoms with Gasteiger partial charge >= 0.3 is 0 Å². The Morgan fingerprint density at radius 2 is 2.14 bits per heavy atom. The number of nitrogens with two attached hydrogens (primary N) is 1. The van der Waals surface area contributed by atoms with Crippen LogP contribution in [-0.2, 0) is 11.3 Å². The highest BCUT2D eigenvalue weighted by Gasteiger charge is 2.17. The van der Waals surface area contributed by atoms with Gasteiger partial charge in [0.25, 0.3) is 0 Å². The Balaban J connectivity index is 1.47. The fraction of sp³-hybridized carbons (Fsp3) is 0.250. The number of hydrogen-bond donors (Lipinski definition) is 2. The van der Waals surface area contributed by atoms with Gasteiger partial charge in [0.15, 0.2) is 5.13 Å². The molecule has 3 aromatic heterocycles. The van der Waals surface area contributed by atoms with Crippen LogP contribution in [0.1, 0.15) is 23.7 Å². The van der Waals surface area contributed by atoms with Gasteiger partial charge < -0.3 is 15.8 Å². The van der Waals surface area contributed by atoms with Crippen molar-refractivity contribution in [2.24, 2.45) is 5.73 Å². The average Bonchev–Trinajstić information content (AvgIpc) is 3.32. The smallest absolute Gasteiger partial charge is 0.183 e. The number of aromatic nitrogens is 3. The predicted octanol–water partition coefficient (Wildman–Crippen LogP) is 5.12. The van der Waals surface area contributed by atoms with Gasteiger partial charge in [-0.15, -0.1) is 11.3 Å². The molecular weight excluding hydrogens is 426 g/mol. The Labute approximate surface area is 181 Å². The zero-order chi connectivity index (χ0) is 20.2. The van der Waals surface area contributed by atoms with Crippen molar-refractivity contribution in [1.29, 1.82) is 0 Å². The third kappa shape index (κ3) is 4.73. The molecule has 0 spiro atoms. The molecule has 0 fully saturated rings. The van der Waals surface area contributed by atoms with E-state index in [1.807, 2.05) is 36.5 Å². The van der Waals surface area contributed by atoms with Crippen LogP contribution in [0.4, 0.5) is 5.13 Å². The molecular formula is C20H20ClN5OS2. The molecule has 3 N–H and O–H groups in total. The van der Waals surface area contributed by atoms with E-state index < -0.39 is 0 Å². The molecule has 0 aliphatic carbocycles. The zero-order valence-corrected chi connectivity index (χ0v) is 18.2. The number of ether oxygens (including phenoxy) is 1. The molecule has 1 atom stereocenters. The number of rotatable bonds is 8. The number of pyridine rings is 1. The summed E-state index contributed by atoms with van der Waals surface area (Å²) in [4.78, 5) is 14.6. The van der Waals surface area contributed by atoms with Gasteiger partial charge in [0.1, 0.15) is 5.01 Å². The maximum absolute atomic E-state index is 6.30. The Kier molecular flexibility index (Phi) is 6.37. The van der Waals surface area contributed by atoms with Gasteiger partial charge in [0.05, 0.1) is 27.4 Å². The third-order valence-corrected chi connectivity index (χ3v) is 6.82. The summed E-state index contributed by atoms with van der Waals surface area (Å²) < 4.78 is 6.39. The molecule has 0 aliphatic rings. The lowest BCUT2D eigenvalue weighted by atomic mass is 10.1. The highest BCUT2D eigenvalue weighted by molar-refractivity contribution is 7.26. The van der Waals surface area contributed by atoms with Gasteiger partial charge in [-0.05, 0) is 30.2 Å². The summed E-state index contributed by atoms with van der Waals surface area (Å²) in [6, 6.07) is 9.51. The first-order valence-electron chi connectivity index (χ1n) is 9.08. The molecule has 0 bridgehead atoms. The standard InChI is InChI=1S/C20H20ClN5OS2/c1-27-11-16-18(19-25-15-6-7-23-10-17(15)28-19)29-20(26-16)24-8-5-14(22)12-3-2-4-13(21)9-12/h2-4,6-7,9-10,14H,5,8,11,22H2,1H3,(H,24,26)/t14-/m0/s1. The molecule has 4 aromatic rings. The molecule has 0 unspecified atom stereocenters. The van der Waals surface area contributed by atoms with Crippen molar-refractivity contribution in [3.63, 3.8) is 0 Å². The Bertz CT molecular complexity index is 1080. The van der Waals surface area contributed by atoms with E-state index in [1.165, 1.54) is 0 Å². The summed E-state index contributed by atoms with van der Waals surface area (Å²) >= 11 is 9.25. The molecule has 0 saturated heterocycles. The van der Waals surface area contributed by atoms with Crippen LogP contribution in [0.5, 0.6) is 0 Å². The molecule has 0 amide bonds. The van der Waals surface area contributed by atoms with Crippen molar-refractivity contribution >= 4 is 49.6 Å². The highest BCUT2D eigenvalue weighted by atomic mass is 35.5. The van der Waals surface area contributed by atoms with Crippen molar-refractivity contribution < 1.29 is 4.74 Å². The van der Waals surface area contributed by atoms with Crippen LogP contribution in [0.2, 0.25) is 5.02 Å². The van der Waals surface area contributed by atoms with Crippen molar-refractivity contribution in [3.8, 4) is 9.88 Å². The van der Waals surface area contributed by atoms with Crippen LogP contribution in [0, 0.1) is 0 Å². The quantitative estimate of drug-likeness (QED) is 0.391. The van der Waals surface area contributed by atoms with E-state index in [-0.39, 0.29) is 6.04 Å². The van der Waals surface area contributed by atoms with Crippen LogP contribution < -0.4 is 11.1 Å². The number of fused-ring (bicyclic) bond motifs is 1. The van der Waals surface area contributed by atoms with Gasteiger partial charge in [-0.1, -0.05) is 35.1 Å². The van der Waals surface area contributed by atoms with Crippen LogP contribution in [-0.4, -0.2) is 28.6 Å². The summed E-state index contributed by atoms with van der Waals surface area (Å²) in [5, 5.41) is 5.85. The normalized spacial score (nSPS) is 12.4. The Morgan fingerprint density at radius 3 is 2.93 bits per heavy atom. The van der Waals surface area contributed by atoms with E-state index in [0.29, 0.717) is 18.2 Å². The minimum Gasteiger partial charge on any atom is -0.378 e. The molecule has 4 rings (SSSR count). The van der Waals surface area contributed by atoms with E-state index in [2.05, 4.69) is 10.3 Å². The summed E-state index contributed by atoms with van der Waals surface area (Å²) in [7, 11) is 1.67. The summed E-state index contributed by atoms with van der Waals surface area (Å²) in [5.74, 6) is 0. The van der Waals surface area contributed by atoms with Crippen LogP contribution in [0.3, 0.4) is 0 Å². The van der Waals surface area contributed by atoms with Crippen LogP contribution in [0.15, 0.2) is 42.7 Å². The van der Waals surface area contributed by atoms with Crippen LogP contribution in [0.25, 0.3) is 20.1 Å². The predicted molar refractivity (Wildman–Crippen MR) is 121 cm³/mol. The minimum absolute atomic E-state index is 0.0872. The lowest BCUT2D eigenvalue weighted by Gasteiger charge is -2.12. The van der Waals surface area contributed by atoms with Crippen molar-refractivity contribution in [1.82, 2.24) is 15.0 Å². The second kappa shape index (κ2) is 9.15. The van der Waals surface area contributed by atoms with Gasteiger partial charge in [-0.2, -0.15) is 0 Å². The topological polar surface area (TPSA) is 86.0 Å². The van der Waals surface area contributed by atoms with Gasteiger partial charge in [0, 0.05) is 37.1 Å². The zero-order valence-electron chi connectivity index (χ0n) is 15.8. The summed E-state index contributed by atoms with van der Waals surface area (Å²) in [6.07, 6.45) is 4.36. The summed E-state index contributed by atoms with van der Waals surface area (Å²) in [5.41, 5.74) is 9.15. The minimum atomic E-state index is -0.0872. The van der Waals surface area contributed by atoms with Crippen LogP contribution >= 0.6 is 34.3 Å².